The first-order valence-electron chi connectivity index (χ1n) is 3.78. The molecule has 1 saturated heterocycles. The molecule has 0 aromatic rings. The van der Waals surface area contributed by atoms with Crippen LogP contribution in [-0.2, 0) is 4.79 Å². The Bertz CT molecular complexity index is 200. The van der Waals surface area contributed by atoms with Gasteiger partial charge in [-0.2, -0.15) is 0 Å². The Morgan fingerprint density at radius 3 is 2.82 bits per heavy atom. The molecule has 0 bridgehead atoms. The predicted octanol–water partition coefficient (Wildman–Crippen LogP) is -1.10. The van der Waals surface area contributed by atoms with E-state index in [1.165, 1.54) is 0 Å². The second-order valence-corrected chi connectivity index (χ2v) is 3.37. The standard InChI is InChI=1S/C7H11NO3/c9-2-5-4-1-8-3-7(4,5)6(10)11/h4-5,8-9H,1-3H2,(H,10,11). The van der Waals surface area contributed by atoms with E-state index in [0.29, 0.717) is 6.54 Å². The molecule has 0 aromatic carbocycles. The fourth-order valence-corrected chi connectivity index (χ4v) is 2.31. The normalized spacial score (nSPS) is 47.0. The van der Waals surface area contributed by atoms with Crippen molar-refractivity contribution in [1.29, 1.82) is 0 Å². The minimum atomic E-state index is -0.758. The SMILES string of the molecule is O=C(O)C12CNCC1C2CO. The third-order valence-electron chi connectivity index (χ3n) is 3.08. The molecule has 2 rings (SSSR count). The summed E-state index contributed by atoms with van der Waals surface area (Å²) in [6.45, 7) is 1.29. The molecule has 3 unspecified atom stereocenters. The van der Waals surface area contributed by atoms with Gasteiger partial charge in [0.15, 0.2) is 0 Å². The van der Waals surface area contributed by atoms with E-state index in [9.17, 15) is 4.79 Å². The molecule has 0 radical (unpaired) electrons. The lowest BCUT2D eigenvalue weighted by Gasteiger charge is -2.07. The van der Waals surface area contributed by atoms with Crippen LogP contribution < -0.4 is 5.32 Å². The Morgan fingerprint density at radius 1 is 1.73 bits per heavy atom. The molecule has 62 valence electrons. The van der Waals surface area contributed by atoms with Crippen LogP contribution in [0.1, 0.15) is 0 Å². The molecule has 0 aromatic heterocycles. The maximum atomic E-state index is 10.8. The fraction of sp³-hybridized carbons (Fsp3) is 0.857. The Kier molecular flexibility index (Phi) is 1.25. The summed E-state index contributed by atoms with van der Waals surface area (Å²) in [5, 5.41) is 20.7. The smallest absolute Gasteiger partial charge is 0.311 e. The Labute approximate surface area is 64.2 Å². The van der Waals surface area contributed by atoms with E-state index < -0.39 is 11.4 Å². The summed E-state index contributed by atoms with van der Waals surface area (Å²) >= 11 is 0. The summed E-state index contributed by atoms with van der Waals surface area (Å²) in [6.07, 6.45) is 0. The predicted molar refractivity (Wildman–Crippen MR) is 37.0 cm³/mol. The van der Waals surface area contributed by atoms with Crippen LogP contribution in [0.5, 0.6) is 0 Å². The summed E-state index contributed by atoms with van der Waals surface area (Å²) in [5.74, 6) is -0.585. The van der Waals surface area contributed by atoms with Gasteiger partial charge in [-0.1, -0.05) is 0 Å². The number of rotatable bonds is 2. The molecule has 1 aliphatic heterocycles. The highest BCUT2D eigenvalue weighted by Gasteiger charge is 2.71. The number of carboxylic acid groups (broad SMARTS) is 1. The van der Waals surface area contributed by atoms with Crippen molar-refractivity contribution < 1.29 is 15.0 Å². The zero-order valence-electron chi connectivity index (χ0n) is 6.08. The van der Waals surface area contributed by atoms with E-state index in [4.69, 9.17) is 10.2 Å². The van der Waals surface area contributed by atoms with Gasteiger partial charge in [0.05, 0.1) is 5.41 Å². The number of carboxylic acids is 1. The van der Waals surface area contributed by atoms with Gasteiger partial charge in [0.25, 0.3) is 0 Å². The van der Waals surface area contributed by atoms with Crippen molar-refractivity contribution in [2.45, 2.75) is 0 Å². The number of carbonyl (C=O) groups is 1. The van der Waals surface area contributed by atoms with Crippen molar-refractivity contribution in [3.63, 3.8) is 0 Å². The van der Waals surface area contributed by atoms with Crippen LogP contribution in [0.4, 0.5) is 0 Å². The highest BCUT2D eigenvalue weighted by molar-refractivity contribution is 5.80. The van der Waals surface area contributed by atoms with Crippen LogP contribution in [0.3, 0.4) is 0 Å². The third-order valence-corrected chi connectivity index (χ3v) is 3.08. The lowest BCUT2D eigenvalue weighted by Crippen LogP contribution is -2.27. The number of aliphatic hydroxyl groups is 1. The lowest BCUT2D eigenvalue weighted by molar-refractivity contribution is -0.143. The first-order chi connectivity index (χ1) is 5.23. The Morgan fingerprint density at radius 2 is 2.45 bits per heavy atom. The molecule has 2 fully saturated rings. The molecule has 0 amide bonds. The van der Waals surface area contributed by atoms with Gasteiger partial charge in [0, 0.05) is 19.1 Å². The zero-order chi connectivity index (χ0) is 8.06. The number of hydrogen-bond acceptors (Lipinski definition) is 3. The number of hydrogen-bond donors (Lipinski definition) is 3. The molecular weight excluding hydrogens is 146 g/mol. The van der Waals surface area contributed by atoms with Crippen LogP contribution in [0.25, 0.3) is 0 Å². The van der Waals surface area contributed by atoms with Crippen LogP contribution >= 0.6 is 0 Å². The fourth-order valence-electron chi connectivity index (χ4n) is 2.31. The maximum Gasteiger partial charge on any atom is 0.311 e. The molecule has 1 saturated carbocycles. The Balaban J connectivity index is 2.19. The molecule has 11 heavy (non-hydrogen) atoms. The number of aliphatic hydroxyl groups excluding tert-OH is 1. The van der Waals surface area contributed by atoms with Gasteiger partial charge in [-0.05, 0) is 12.5 Å². The molecule has 4 heteroatoms. The monoisotopic (exact) mass is 157 g/mol. The van der Waals surface area contributed by atoms with Crippen LogP contribution in [-0.4, -0.2) is 35.9 Å². The van der Waals surface area contributed by atoms with Crippen molar-refractivity contribution in [3.8, 4) is 0 Å². The Hall–Kier alpha value is -0.610. The van der Waals surface area contributed by atoms with Gasteiger partial charge in [-0.15, -0.1) is 0 Å². The van der Waals surface area contributed by atoms with E-state index in [1.54, 1.807) is 0 Å². The van der Waals surface area contributed by atoms with E-state index in [2.05, 4.69) is 5.32 Å². The second kappa shape index (κ2) is 1.95. The first-order valence-corrected chi connectivity index (χ1v) is 3.78. The van der Waals surface area contributed by atoms with E-state index in [1.807, 2.05) is 0 Å². The van der Waals surface area contributed by atoms with Crippen molar-refractivity contribution in [2.75, 3.05) is 19.7 Å². The minimum Gasteiger partial charge on any atom is -0.481 e. The molecule has 4 nitrogen and oxygen atoms in total. The number of fused-ring (bicyclic) bond motifs is 1. The van der Waals surface area contributed by atoms with Gasteiger partial charge in [-0.25, -0.2) is 0 Å². The van der Waals surface area contributed by atoms with Crippen molar-refractivity contribution >= 4 is 5.97 Å². The van der Waals surface area contributed by atoms with Gasteiger partial charge in [0.1, 0.15) is 0 Å². The molecule has 3 N–H and O–H groups in total. The van der Waals surface area contributed by atoms with Gasteiger partial charge in [-0.3, -0.25) is 4.79 Å². The number of piperidine rings is 1. The number of nitrogens with one attached hydrogen (secondary N) is 1. The second-order valence-electron chi connectivity index (χ2n) is 3.37. The van der Waals surface area contributed by atoms with E-state index in [0.717, 1.165) is 6.54 Å². The summed E-state index contributed by atoms with van der Waals surface area (Å²) < 4.78 is 0. The largest absolute Gasteiger partial charge is 0.481 e. The maximum absolute atomic E-state index is 10.8. The quantitative estimate of drug-likeness (QED) is 0.476. The van der Waals surface area contributed by atoms with Crippen molar-refractivity contribution in [3.05, 3.63) is 0 Å². The molecule has 2 aliphatic rings. The summed E-state index contributed by atoms with van der Waals surface area (Å²) in [4.78, 5) is 10.8. The zero-order valence-corrected chi connectivity index (χ0v) is 6.08. The molecule has 3 atom stereocenters. The molecule has 0 spiro atoms. The summed E-state index contributed by atoms with van der Waals surface area (Å²) in [5.41, 5.74) is -0.616. The minimum absolute atomic E-state index is 0.00116. The lowest BCUT2D eigenvalue weighted by atomic mass is 10.1. The summed E-state index contributed by atoms with van der Waals surface area (Å²) in [7, 11) is 0. The van der Waals surface area contributed by atoms with Gasteiger partial charge in [0.2, 0.25) is 0 Å². The highest BCUT2D eigenvalue weighted by Crippen LogP contribution is 2.60. The van der Waals surface area contributed by atoms with Crippen molar-refractivity contribution in [2.24, 2.45) is 17.3 Å². The van der Waals surface area contributed by atoms with E-state index in [-0.39, 0.29) is 18.4 Å². The summed E-state index contributed by atoms with van der Waals surface area (Å²) in [6, 6.07) is 0. The average Bonchev–Trinajstić information content (AvgIpc) is 2.38. The van der Waals surface area contributed by atoms with Gasteiger partial charge >= 0.3 is 5.97 Å². The first kappa shape index (κ1) is 7.06. The van der Waals surface area contributed by atoms with Crippen molar-refractivity contribution in [1.82, 2.24) is 5.32 Å². The van der Waals surface area contributed by atoms with Crippen LogP contribution in [0, 0.1) is 17.3 Å². The third kappa shape index (κ3) is 0.636. The molecule has 1 heterocycles. The van der Waals surface area contributed by atoms with Crippen LogP contribution in [0.15, 0.2) is 0 Å². The number of aliphatic carboxylic acids is 1. The molecule has 1 aliphatic carbocycles. The van der Waals surface area contributed by atoms with Gasteiger partial charge < -0.3 is 15.5 Å². The van der Waals surface area contributed by atoms with E-state index >= 15 is 0 Å². The topological polar surface area (TPSA) is 69.6 Å². The average molecular weight is 157 g/mol. The van der Waals surface area contributed by atoms with Crippen LogP contribution in [0.2, 0.25) is 0 Å². The highest BCUT2D eigenvalue weighted by atomic mass is 16.4. The molecular formula is C7H11NO3.